The first-order chi connectivity index (χ1) is 8.16. The summed E-state index contributed by atoms with van der Waals surface area (Å²) in [5.41, 5.74) is 3.17. The number of fused-ring (bicyclic) bond motifs is 1. The van der Waals surface area contributed by atoms with Gasteiger partial charge in [0.25, 0.3) is 0 Å². The van der Waals surface area contributed by atoms with Gasteiger partial charge in [0.2, 0.25) is 0 Å². The van der Waals surface area contributed by atoms with E-state index in [1.807, 2.05) is 25.1 Å². The van der Waals surface area contributed by atoms with E-state index in [1.54, 1.807) is 6.07 Å². The van der Waals surface area contributed by atoms with E-state index in [-0.39, 0.29) is 0 Å². The van der Waals surface area contributed by atoms with Crippen molar-refractivity contribution in [2.75, 3.05) is 0 Å². The van der Waals surface area contributed by atoms with Crippen molar-refractivity contribution >= 4 is 16.9 Å². The molecule has 0 radical (unpaired) electrons. The molecule has 3 rings (SSSR count). The topological polar surface area (TPSA) is 50.2 Å². The molecule has 2 aromatic rings. The van der Waals surface area contributed by atoms with Gasteiger partial charge in [0.15, 0.2) is 0 Å². The Hall–Kier alpha value is -1.90. The van der Waals surface area contributed by atoms with Crippen LogP contribution in [0.5, 0.6) is 0 Å². The van der Waals surface area contributed by atoms with Crippen LogP contribution in [0.2, 0.25) is 0 Å². The molecule has 1 heterocycles. The smallest absolute Gasteiger partial charge is 0.336 e. The zero-order valence-corrected chi connectivity index (χ0v) is 9.60. The quantitative estimate of drug-likeness (QED) is 0.857. The van der Waals surface area contributed by atoms with Gasteiger partial charge in [-0.05, 0) is 31.4 Å². The highest BCUT2D eigenvalue weighted by molar-refractivity contribution is 6.03. The van der Waals surface area contributed by atoms with Crippen LogP contribution < -0.4 is 0 Å². The first kappa shape index (κ1) is 10.3. The summed E-state index contributed by atoms with van der Waals surface area (Å²) in [7, 11) is 0. The fraction of sp³-hybridized carbons (Fsp3) is 0.286. The molecule has 17 heavy (non-hydrogen) atoms. The van der Waals surface area contributed by atoms with Gasteiger partial charge in [-0.25, -0.2) is 4.79 Å². The molecule has 0 amide bonds. The second-order valence-electron chi connectivity index (χ2n) is 4.65. The molecule has 1 aliphatic carbocycles. The number of aromatic carboxylic acids is 1. The number of carboxylic acids is 1. The van der Waals surface area contributed by atoms with Gasteiger partial charge in [-0.3, -0.25) is 4.98 Å². The van der Waals surface area contributed by atoms with E-state index in [1.165, 1.54) is 0 Å². The standard InChI is InChI=1S/C14H13NO2/c1-8-3-2-4-10-11(14(16)17)7-12(9-5-6-9)15-13(8)10/h2-4,7,9H,5-6H2,1H3,(H,16,17). The highest BCUT2D eigenvalue weighted by atomic mass is 16.4. The maximum atomic E-state index is 11.3. The second kappa shape index (κ2) is 3.55. The summed E-state index contributed by atoms with van der Waals surface area (Å²) >= 11 is 0. The van der Waals surface area contributed by atoms with Crippen LogP contribution in [0.25, 0.3) is 10.9 Å². The van der Waals surface area contributed by atoms with Crippen molar-refractivity contribution in [2.45, 2.75) is 25.7 Å². The number of carbonyl (C=O) groups is 1. The third-order valence-corrected chi connectivity index (χ3v) is 3.29. The highest BCUT2D eigenvalue weighted by Gasteiger charge is 2.27. The zero-order valence-electron chi connectivity index (χ0n) is 9.60. The van der Waals surface area contributed by atoms with Crippen molar-refractivity contribution < 1.29 is 9.90 Å². The molecule has 0 bridgehead atoms. The third kappa shape index (κ3) is 1.68. The van der Waals surface area contributed by atoms with Crippen LogP contribution in [0.4, 0.5) is 0 Å². The Morgan fingerprint density at radius 3 is 2.82 bits per heavy atom. The Morgan fingerprint density at radius 1 is 1.41 bits per heavy atom. The normalized spacial score (nSPS) is 15.1. The summed E-state index contributed by atoms with van der Waals surface area (Å²) in [6, 6.07) is 7.41. The minimum absolute atomic E-state index is 0.376. The summed E-state index contributed by atoms with van der Waals surface area (Å²) in [6.07, 6.45) is 2.26. The number of benzene rings is 1. The van der Waals surface area contributed by atoms with Crippen LogP contribution in [0.3, 0.4) is 0 Å². The van der Waals surface area contributed by atoms with Crippen LogP contribution in [0.15, 0.2) is 24.3 Å². The predicted octanol–water partition coefficient (Wildman–Crippen LogP) is 3.12. The van der Waals surface area contributed by atoms with E-state index >= 15 is 0 Å². The molecule has 86 valence electrons. The second-order valence-corrected chi connectivity index (χ2v) is 4.65. The summed E-state index contributed by atoms with van der Waals surface area (Å²) in [4.78, 5) is 15.9. The van der Waals surface area contributed by atoms with Gasteiger partial charge in [0, 0.05) is 17.0 Å². The fourth-order valence-electron chi connectivity index (χ4n) is 2.18. The lowest BCUT2D eigenvalue weighted by molar-refractivity contribution is 0.0699. The Kier molecular flexibility index (Phi) is 2.15. The summed E-state index contributed by atoms with van der Waals surface area (Å²) in [6.45, 7) is 1.97. The average Bonchev–Trinajstić information content (AvgIpc) is 3.12. The molecule has 1 saturated carbocycles. The van der Waals surface area contributed by atoms with Gasteiger partial charge in [0.1, 0.15) is 0 Å². The van der Waals surface area contributed by atoms with Crippen molar-refractivity contribution in [1.82, 2.24) is 4.98 Å². The van der Waals surface area contributed by atoms with Crippen molar-refractivity contribution in [3.8, 4) is 0 Å². The zero-order chi connectivity index (χ0) is 12.0. The summed E-state index contributed by atoms with van der Waals surface area (Å²) < 4.78 is 0. The minimum atomic E-state index is -0.870. The van der Waals surface area contributed by atoms with Crippen molar-refractivity contribution in [3.63, 3.8) is 0 Å². The van der Waals surface area contributed by atoms with Gasteiger partial charge in [-0.2, -0.15) is 0 Å². The summed E-state index contributed by atoms with van der Waals surface area (Å²) in [5, 5.41) is 10.0. The number of rotatable bonds is 2. The van der Waals surface area contributed by atoms with Gasteiger partial charge in [0.05, 0.1) is 11.1 Å². The van der Waals surface area contributed by atoms with E-state index in [0.29, 0.717) is 11.5 Å². The molecule has 0 spiro atoms. The number of carboxylic acid groups (broad SMARTS) is 1. The molecular weight excluding hydrogens is 214 g/mol. The number of hydrogen-bond donors (Lipinski definition) is 1. The molecule has 1 fully saturated rings. The first-order valence-corrected chi connectivity index (χ1v) is 5.80. The number of aryl methyl sites for hydroxylation is 1. The molecule has 1 aliphatic rings. The summed E-state index contributed by atoms with van der Waals surface area (Å²) in [5.74, 6) is -0.401. The maximum Gasteiger partial charge on any atom is 0.336 e. The minimum Gasteiger partial charge on any atom is -0.478 e. The van der Waals surface area contributed by atoms with Gasteiger partial charge >= 0.3 is 5.97 Å². The lowest BCUT2D eigenvalue weighted by Gasteiger charge is -2.07. The number of hydrogen-bond acceptors (Lipinski definition) is 2. The Bertz CT molecular complexity index is 615. The van der Waals surface area contributed by atoms with E-state index < -0.39 is 5.97 Å². The number of pyridine rings is 1. The van der Waals surface area contributed by atoms with E-state index in [0.717, 1.165) is 35.0 Å². The van der Waals surface area contributed by atoms with Crippen molar-refractivity contribution in [2.24, 2.45) is 0 Å². The van der Waals surface area contributed by atoms with Crippen LogP contribution in [-0.2, 0) is 0 Å². The number of nitrogens with zero attached hydrogens (tertiary/aromatic N) is 1. The Labute approximate surface area is 99.1 Å². The highest BCUT2D eigenvalue weighted by Crippen LogP contribution is 2.40. The average molecular weight is 227 g/mol. The maximum absolute atomic E-state index is 11.3. The Morgan fingerprint density at radius 2 is 2.18 bits per heavy atom. The van der Waals surface area contributed by atoms with Crippen LogP contribution in [0.1, 0.15) is 40.4 Å². The third-order valence-electron chi connectivity index (χ3n) is 3.29. The van der Waals surface area contributed by atoms with Crippen molar-refractivity contribution in [3.05, 3.63) is 41.1 Å². The molecule has 1 aromatic heterocycles. The lowest BCUT2D eigenvalue weighted by atomic mass is 10.0. The molecule has 1 N–H and O–H groups in total. The molecule has 0 atom stereocenters. The monoisotopic (exact) mass is 227 g/mol. The lowest BCUT2D eigenvalue weighted by Crippen LogP contribution is -2.02. The molecular formula is C14H13NO2. The van der Waals surface area contributed by atoms with Gasteiger partial charge in [-0.1, -0.05) is 18.2 Å². The molecule has 3 nitrogen and oxygen atoms in total. The van der Waals surface area contributed by atoms with Crippen LogP contribution in [0, 0.1) is 6.92 Å². The van der Waals surface area contributed by atoms with Crippen LogP contribution in [-0.4, -0.2) is 16.1 Å². The van der Waals surface area contributed by atoms with E-state index in [4.69, 9.17) is 0 Å². The molecule has 0 unspecified atom stereocenters. The largest absolute Gasteiger partial charge is 0.478 e. The van der Waals surface area contributed by atoms with Gasteiger partial charge in [-0.15, -0.1) is 0 Å². The van der Waals surface area contributed by atoms with Gasteiger partial charge < -0.3 is 5.11 Å². The first-order valence-electron chi connectivity index (χ1n) is 5.80. The van der Waals surface area contributed by atoms with Crippen molar-refractivity contribution in [1.29, 1.82) is 0 Å². The fourth-order valence-corrected chi connectivity index (χ4v) is 2.18. The van der Waals surface area contributed by atoms with Crippen LogP contribution >= 0.6 is 0 Å². The molecule has 0 aliphatic heterocycles. The predicted molar refractivity (Wildman–Crippen MR) is 65.4 cm³/mol. The molecule has 3 heteroatoms. The SMILES string of the molecule is Cc1cccc2c(C(=O)O)cc(C3CC3)nc12. The Balaban J connectivity index is 2.35. The molecule has 0 saturated heterocycles. The molecule has 1 aromatic carbocycles. The van der Waals surface area contributed by atoms with E-state index in [9.17, 15) is 9.90 Å². The number of para-hydroxylation sites is 1. The number of aromatic nitrogens is 1. The van der Waals surface area contributed by atoms with E-state index in [2.05, 4.69) is 4.98 Å².